The summed E-state index contributed by atoms with van der Waals surface area (Å²) in [6.07, 6.45) is 3.38. The molecule has 0 spiro atoms. The van der Waals surface area contributed by atoms with Gasteiger partial charge in [-0.2, -0.15) is 0 Å². The van der Waals surface area contributed by atoms with Crippen molar-refractivity contribution in [3.05, 3.63) is 77.5 Å². The van der Waals surface area contributed by atoms with Gasteiger partial charge in [-0.3, -0.25) is 14.6 Å². The van der Waals surface area contributed by atoms with E-state index in [4.69, 9.17) is 9.47 Å². The molecular weight excluding hydrogens is 446 g/mol. The van der Waals surface area contributed by atoms with E-state index in [9.17, 15) is 14.4 Å². The second kappa shape index (κ2) is 9.58. The Labute approximate surface area is 202 Å². The molecule has 2 amide bonds. The molecule has 8 heteroatoms. The molecule has 2 aliphatic rings. The number of hydrogen-bond acceptors (Lipinski definition) is 6. The maximum atomic E-state index is 12.7. The third kappa shape index (κ3) is 4.59. The number of hydrogen-bond donors (Lipinski definition) is 1. The number of ether oxygens (including phenoxy) is 2. The minimum absolute atomic E-state index is 0.120. The molecule has 178 valence electrons. The molecule has 0 aliphatic carbocycles. The van der Waals surface area contributed by atoms with Crippen LogP contribution >= 0.6 is 0 Å². The van der Waals surface area contributed by atoms with Gasteiger partial charge >= 0.3 is 5.97 Å². The first-order valence-corrected chi connectivity index (χ1v) is 11.6. The Morgan fingerprint density at radius 2 is 1.91 bits per heavy atom. The molecule has 3 aromatic rings. The number of carbonyl (C=O) groups is 3. The number of amides is 2. The van der Waals surface area contributed by atoms with Gasteiger partial charge in [-0.05, 0) is 54.4 Å². The number of nitrogens with zero attached hydrogens (tertiary/aromatic N) is 2. The van der Waals surface area contributed by atoms with Gasteiger partial charge in [0.05, 0.1) is 24.9 Å². The average Bonchev–Trinajstić information content (AvgIpc) is 3.52. The molecule has 1 N–H and O–H groups in total. The van der Waals surface area contributed by atoms with Crippen molar-refractivity contribution in [3.8, 4) is 17.0 Å². The van der Waals surface area contributed by atoms with Crippen LogP contribution in [0.1, 0.15) is 39.1 Å². The largest absolute Gasteiger partial charge is 0.487 e. The van der Waals surface area contributed by atoms with Gasteiger partial charge in [0.25, 0.3) is 5.91 Å². The summed E-state index contributed by atoms with van der Waals surface area (Å²) in [5.74, 6) is 0.233. The van der Waals surface area contributed by atoms with E-state index in [0.29, 0.717) is 36.2 Å². The van der Waals surface area contributed by atoms with E-state index in [1.807, 2.05) is 30.3 Å². The van der Waals surface area contributed by atoms with E-state index < -0.39 is 5.97 Å². The number of aromatic nitrogens is 1. The number of para-hydroxylation sites is 1. The fourth-order valence-corrected chi connectivity index (χ4v) is 4.47. The third-order valence-corrected chi connectivity index (χ3v) is 6.29. The summed E-state index contributed by atoms with van der Waals surface area (Å²) in [4.78, 5) is 42.4. The van der Waals surface area contributed by atoms with Crippen molar-refractivity contribution in [1.82, 2.24) is 10.3 Å². The Hall–Kier alpha value is -4.20. The van der Waals surface area contributed by atoms with Crippen molar-refractivity contribution in [2.45, 2.75) is 25.4 Å². The van der Waals surface area contributed by atoms with Gasteiger partial charge in [0, 0.05) is 42.4 Å². The second-order valence-corrected chi connectivity index (χ2v) is 8.57. The molecule has 8 nitrogen and oxygen atoms in total. The molecule has 2 aliphatic heterocycles. The highest BCUT2D eigenvalue weighted by molar-refractivity contribution is 5.97. The molecule has 2 aromatic carbocycles. The molecule has 1 atom stereocenters. The molecule has 1 aromatic heterocycles. The number of carbonyl (C=O) groups excluding carboxylic acids is 3. The van der Waals surface area contributed by atoms with Crippen LogP contribution in [0.5, 0.6) is 5.75 Å². The van der Waals surface area contributed by atoms with E-state index in [-0.39, 0.29) is 17.9 Å². The van der Waals surface area contributed by atoms with Gasteiger partial charge in [-0.25, -0.2) is 4.79 Å². The number of anilines is 1. The van der Waals surface area contributed by atoms with Crippen LogP contribution in [-0.4, -0.2) is 49.1 Å². The maximum Gasteiger partial charge on any atom is 0.339 e. The number of rotatable bonds is 6. The van der Waals surface area contributed by atoms with Gasteiger partial charge in [0.1, 0.15) is 11.9 Å². The second-order valence-electron chi connectivity index (χ2n) is 8.57. The van der Waals surface area contributed by atoms with Crippen molar-refractivity contribution >= 4 is 23.5 Å². The summed E-state index contributed by atoms with van der Waals surface area (Å²) in [7, 11) is 1.33. The standard InChI is InChI=1S/C27H25N3O5/c1-34-27(33)19-9-12-23(28-15-19)22-5-2-4-18-14-21(35-25(18)22)16-29-26(32)17-7-10-20(11-8-17)30-13-3-6-24(30)31/h2,4-5,7-12,15,21H,3,6,13-14,16H2,1H3,(H,29,32). The lowest BCUT2D eigenvalue weighted by atomic mass is 10.0. The van der Waals surface area contributed by atoms with E-state index in [1.165, 1.54) is 13.3 Å². The van der Waals surface area contributed by atoms with Crippen molar-refractivity contribution < 1.29 is 23.9 Å². The Balaban J connectivity index is 1.22. The Bertz CT molecular complexity index is 1270. The summed E-state index contributed by atoms with van der Waals surface area (Å²) < 4.78 is 10.9. The number of benzene rings is 2. The van der Waals surface area contributed by atoms with E-state index in [2.05, 4.69) is 10.3 Å². The van der Waals surface area contributed by atoms with Gasteiger partial charge in [0.15, 0.2) is 0 Å². The molecule has 3 heterocycles. The topological polar surface area (TPSA) is 97.8 Å². The van der Waals surface area contributed by atoms with Crippen molar-refractivity contribution in [2.75, 3.05) is 25.1 Å². The minimum atomic E-state index is -0.437. The lowest BCUT2D eigenvalue weighted by Gasteiger charge is -2.16. The summed E-state index contributed by atoms with van der Waals surface area (Å²) >= 11 is 0. The predicted octanol–water partition coefficient (Wildman–Crippen LogP) is 3.40. The van der Waals surface area contributed by atoms with Gasteiger partial charge in [-0.15, -0.1) is 0 Å². The Kier molecular flexibility index (Phi) is 6.18. The van der Waals surface area contributed by atoms with Gasteiger partial charge < -0.3 is 19.7 Å². The number of pyridine rings is 1. The van der Waals surface area contributed by atoms with Crippen molar-refractivity contribution in [3.63, 3.8) is 0 Å². The number of esters is 1. The minimum Gasteiger partial charge on any atom is -0.487 e. The first-order valence-electron chi connectivity index (χ1n) is 11.6. The number of fused-ring (bicyclic) bond motifs is 1. The molecule has 35 heavy (non-hydrogen) atoms. The average molecular weight is 472 g/mol. The first kappa shape index (κ1) is 22.6. The fraction of sp³-hybridized carbons (Fsp3) is 0.259. The zero-order chi connectivity index (χ0) is 24.4. The Morgan fingerprint density at radius 3 is 2.60 bits per heavy atom. The molecule has 0 saturated carbocycles. The lowest BCUT2D eigenvalue weighted by molar-refractivity contribution is -0.117. The summed E-state index contributed by atoms with van der Waals surface area (Å²) in [6, 6.07) is 16.4. The molecular formula is C27H25N3O5. The van der Waals surface area contributed by atoms with Crippen LogP contribution < -0.4 is 15.0 Å². The summed E-state index contributed by atoms with van der Waals surface area (Å²) in [5.41, 5.74) is 4.30. The van der Waals surface area contributed by atoms with Crippen LogP contribution in [0.2, 0.25) is 0 Å². The highest BCUT2D eigenvalue weighted by Crippen LogP contribution is 2.38. The van der Waals surface area contributed by atoms with Crippen LogP contribution in [0, 0.1) is 0 Å². The Morgan fingerprint density at radius 1 is 1.11 bits per heavy atom. The first-order chi connectivity index (χ1) is 17.0. The number of nitrogens with one attached hydrogen (secondary N) is 1. The van der Waals surface area contributed by atoms with Crippen LogP contribution in [0.25, 0.3) is 11.3 Å². The van der Waals surface area contributed by atoms with Crippen molar-refractivity contribution in [2.24, 2.45) is 0 Å². The highest BCUT2D eigenvalue weighted by atomic mass is 16.5. The predicted molar refractivity (Wildman–Crippen MR) is 129 cm³/mol. The van der Waals surface area contributed by atoms with E-state index in [0.717, 1.165) is 35.5 Å². The summed E-state index contributed by atoms with van der Waals surface area (Å²) in [5, 5.41) is 2.95. The van der Waals surface area contributed by atoms with Crippen LogP contribution in [0.4, 0.5) is 5.69 Å². The maximum absolute atomic E-state index is 12.7. The van der Waals surface area contributed by atoms with Crippen LogP contribution in [0.3, 0.4) is 0 Å². The van der Waals surface area contributed by atoms with E-state index >= 15 is 0 Å². The van der Waals surface area contributed by atoms with Crippen molar-refractivity contribution in [1.29, 1.82) is 0 Å². The molecule has 0 radical (unpaired) electrons. The van der Waals surface area contributed by atoms with Crippen LogP contribution in [-0.2, 0) is 16.0 Å². The zero-order valence-electron chi connectivity index (χ0n) is 19.3. The zero-order valence-corrected chi connectivity index (χ0v) is 19.3. The van der Waals surface area contributed by atoms with Gasteiger partial charge in [0.2, 0.25) is 5.91 Å². The molecule has 0 bridgehead atoms. The molecule has 1 unspecified atom stereocenters. The molecule has 1 saturated heterocycles. The monoisotopic (exact) mass is 471 g/mol. The fourth-order valence-electron chi connectivity index (χ4n) is 4.47. The lowest BCUT2D eigenvalue weighted by Crippen LogP contribution is -2.34. The van der Waals surface area contributed by atoms with Crippen LogP contribution in [0.15, 0.2) is 60.8 Å². The van der Waals surface area contributed by atoms with Gasteiger partial charge in [-0.1, -0.05) is 12.1 Å². The number of methoxy groups -OCH3 is 1. The quantitative estimate of drug-likeness (QED) is 0.554. The highest BCUT2D eigenvalue weighted by Gasteiger charge is 2.27. The third-order valence-electron chi connectivity index (χ3n) is 6.29. The molecule has 5 rings (SSSR count). The normalized spacial score (nSPS) is 16.5. The summed E-state index contributed by atoms with van der Waals surface area (Å²) in [6.45, 7) is 1.07. The smallest absolute Gasteiger partial charge is 0.339 e. The molecule has 1 fully saturated rings. The SMILES string of the molecule is COC(=O)c1ccc(-c2cccc3c2OC(CNC(=O)c2ccc(N4CCCC4=O)cc2)C3)nc1. The van der Waals surface area contributed by atoms with E-state index in [1.54, 1.807) is 29.2 Å².